The molecule has 174 valence electrons. The molecule has 0 bridgehead atoms. The molecule has 0 saturated carbocycles. The summed E-state index contributed by atoms with van der Waals surface area (Å²) in [6.45, 7) is 6.91. The van der Waals surface area contributed by atoms with Crippen molar-refractivity contribution in [1.29, 1.82) is 0 Å². The molecule has 8 heteroatoms. The molecule has 0 aliphatic carbocycles. The third-order valence-electron chi connectivity index (χ3n) is 5.84. The van der Waals surface area contributed by atoms with Gasteiger partial charge in [-0.05, 0) is 61.9 Å². The van der Waals surface area contributed by atoms with Crippen molar-refractivity contribution in [2.75, 3.05) is 25.0 Å². The highest BCUT2D eigenvalue weighted by Crippen LogP contribution is 2.31. The Balaban J connectivity index is 1.78. The molecule has 1 atom stereocenters. The largest absolute Gasteiger partial charge is 0.492 e. The lowest BCUT2D eigenvalue weighted by molar-refractivity contribution is -0.120. The number of hydrogen-bond acceptors (Lipinski definition) is 4. The molecule has 0 aromatic heterocycles. The topological polar surface area (TPSA) is 75.7 Å². The summed E-state index contributed by atoms with van der Waals surface area (Å²) in [4.78, 5) is 13.2. The number of hydrogen-bond donors (Lipinski definition) is 1. The van der Waals surface area contributed by atoms with E-state index in [4.69, 9.17) is 16.3 Å². The van der Waals surface area contributed by atoms with Crippen molar-refractivity contribution in [3.05, 3.63) is 52.5 Å². The van der Waals surface area contributed by atoms with Gasteiger partial charge in [-0.1, -0.05) is 43.6 Å². The maximum Gasteiger partial charge on any atom is 0.243 e. The summed E-state index contributed by atoms with van der Waals surface area (Å²) in [7, 11) is -3.77. The smallest absolute Gasteiger partial charge is 0.243 e. The van der Waals surface area contributed by atoms with Gasteiger partial charge in [0.1, 0.15) is 5.75 Å². The standard InChI is InChI=1S/C24H31ClN2O4S/c1-4-17-9-7-10-18(5-2)23(17)26-24(28)19-11-8-14-27(16-19)32(29,30)20-12-13-22(31-6-3)21(25)15-20/h7,9-10,12-13,15,19H,4-6,8,11,14,16H2,1-3H3,(H,26,28)/t19-/m0/s1. The summed E-state index contributed by atoms with van der Waals surface area (Å²) < 4.78 is 33.2. The molecule has 0 radical (unpaired) electrons. The number of nitrogens with one attached hydrogen (secondary N) is 1. The minimum absolute atomic E-state index is 0.108. The maximum atomic E-state index is 13.2. The van der Waals surface area contributed by atoms with E-state index in [1.807, 2.05) is 25.1 Å². The molecule has 2 aromatic rings. The number of aryl methyl sites for hydroxylation is 2. The van der Waals surface area contributed by atoms with Gasteiger partial charge in [0.2, 0.25) is 15.9 Å². The number of sulfonamides is 1. The summed E-state index contributed by atoms with van der Waals surface area (Å²) >= 11 is 6.21. The zero-order valence-corrected chi connectivity index (χ0v) is 20.4. The molecule has 32 heavy (non-hydrogen) atoms. The van der Waals surface area contributed by atoms with E-state index >= 15 is 0 Å². The minimum Gasteiger partial charge on any atom is -0.492 e. The van der Waals surface area contributed by atoms with Crippen LogP contribution < -0.4 is 10.1 Å². The van der Waals surface area contributed by atoms with E-state index in [1.165, 1.54) is 16.4 Å². The fourth-order valence-corrected chi connectivity index (χ4v) is 5.92. The summed E-state index contributed by atoms with van der Waals surface area (Å²) in [6.07, 6.45) is 2.90. The van der Waals surface area contributed by atoms with Crippen LogP contribution in [0.3, 0.4) is 0 Å². The fraction of sp³-hybridized carbons (Fsp3) is 0.458. The molecule has 1 aliphatic heterocycles. The van der Waals surface area contributed by atoms with Gasteiger partial charge in [-0.2, -0.15) is 4.31 Å². The van der Waals surface area contributed by atoms with Crippen LogP contribution in [0.4, 0.5) is 5.69 Å². The minimum atomic E-state index is -3.77. The van der Waals surface area contributed by atoms with Crippen LogP contribution in [0.25, 0.3) is 0 Å². The van der Waals surface area contributed by atoms with Crippen molar-refractivity contribution in [2.24, 2.45) is 5.92 Å². The van der Waals surface area contributed by atoms with Crippen molar-refractivity contribution >= 4 is 33.2 Å². The van der Waals surface area contributed by atoms with Crippen LogP contribution in [0.1, 0.15) is 44.7 Å². The van der Waals surface area contributed by atoms with Crippen LogP contribution in [0.2, 0.25) is 5.02 Å². The normalized spacial score (nSPS) is 17.2. The SMILES string of the molecule is CCOc1ccc(S(=O)(=O)N2CCC[C@H](C(=O)Nc3c(CC)cccc3CC)C2)cc1Cl. The number of anilines is 1. The van der Waals surface area contributed by atoms with E-state index in [2.05, 4.69) is 19.2 Å². The number of piperidine rings is 1. The predicted molar refractivity (Wildman–Crippen MR) is 128 cm³/mol. The van der Waals surface area contributed by atoms with Gasteiger partial charge >= 0.3 is 0 Å². The van der Waals surface area contributed by atoms with E-state index in [9.17, 15) is 13.2 Å². The van der Waals surface area contributed by atoms with Crippen molar-refractivity contribution in [2.45, 2.75) is 51.3 Å². The monoisotopic (exact) mass is 478 g/mol. The van der Waals surface area contributed by atoms with E-state index in [0.29, 0.717) is 31.7 Å². The number of rotatable bonds is 8. The number of ether oxygens (including phenoxy) is 1. The van der Waals surface area contributed by atoms with Crippen LogP contribution in [0, 0.1) is 5.92 Å². The Bertz CT molecular complexity index is 1050. The fourth-order valence-electron chi connectivity index (χ4n) is 4.07. The number of amides is 1. The lowest BCUT2D eigenvalue weighted by Crippen LogP contribution is -2.43. The molecule has 3 rings (SSSR count). The van der Waals surface area contributed by atoms with Crippen LogP contribution in [0.15, 0.2) is 41.3 Å². The molecule has 1 amide bonds. The first-order chi connectivity index (χ1) is 15.3. The lowest BCUT2D eigenvalue weighted by atomic mass is 9.97. The molecule has 0 unspecified atom stereocenters. The number of nitrogens with zero attached hydrogens (tertiary/aromatic N) is 1. The third kappa shape index (κ3) is 5.27. The lowest BCUT2D eigenvalue weighted by Gasteiger charge is -2.31. The molecule has 1 N–H and O–H groups in total. The Morgan fingerprint density at radius 2 is 1.84 bits per heavy atom. The summed E-state index contributed by atoms with van der Waals surface area (Å²) in [6, 6.07) is 10.5. The van der Waals surface area contributed by atoms with Crippen molar-refractivity contribution in [3.8, 4) is 5.75 Å². The van der Waals surface area contributed by atoms with Crippen LogP contribution in [0.5, 0.6) is 5.75 Å². The third-order valence-corrected chi connectivity index (χ3v) is 8.00. The highest BCUT2D eigenvalue weighted by Gasteiger charge is 2.34. The number of carbonyl (C=O) groups is 1. The number of carbonyl (C=O) groups excluding carboxylic acids is 1. The molecular formula is C24H31ClN2O4S. The molecule has 2 aromatic carbocycles. The first-order valence-electron chi connectivity index (χ1n) is 11.2. The van der Waals surface area contributed by atoms with Crippen molar-refractivity contribution in [3.63, 3.8) is 0 Å². The van der Waals surface area contributed by atoms with Gasteiger partial charge < -0.3 is 10.1 Å². The summed E-state index contributed by atoms with van der Waals surface area (Å²) in [5.74, 6) is -0.0955. The molecule has 1 heterocycles. The molecular weight excluding hydrogens is 448 g/mol. The van der Waals surface area contributed by atoms with Crippen molar-refractivity contribution < 1.29 is 17.9 Å². The molecule has 1 fully saturated rings. The van der Waals surface area contributed by atoms with Crippen molar-refractivity contribution in [1.82, 2.24) is 4.31 Å². The van der Waals surface area contributed by atoms with E-state index < -0.39 is 15.9 Å². The van der Waals surface area contributed by atoms with Gasteiger partial charge in [0.15, 0.2) is 0 Å². The van der Waals surface area contributed by atoms with Gasteiger partial charge in [0.25, 0.3) is 0 Å². The number of para-hydroxylation sites is 1. The first-order valence-corrected chi connectivity index (χ1v) is 13.0. The zero-order chi connectivity index (χ0) is 23.3. The van der Waals surface area contributed by atoms with E-state index in [0.717, 1.165) is 29.7 Å². The zero-order valence-electron chi connectivity index (χ0n) is 18.9. The highest BCUT2D eigenvalue weighted by molar-refractivity contribution is 7.89. The van der Waals surface area contributed by atoms with Gasteiger partial charge in [-0.15, -0.1) is 0 Å². The van der Waals surface area contributed by atoms with Gasteiger partial charge in [0, 0.05) is 18.8 Å². The molecule has 0 spiro atoms. The van der Waals surface area contributed by atoms with E-state index in [-0.39, 0.29) is 22.4 Å². The number of benzene rings is 2. The van der Waals surface area contributed by atoms with Gasteiger partial charge in [0.05, 0.1) is 22.4 Å². The second-order valence-electron chi connectivity index (χ2n) is 7.88. The van der Waals surface area contributed by atoms with Gasteiger partial charge in [-0.25, -0.2) is 8.42 Å². The Hall–Kier alpha value is -2.09. The van der Waals surface area contributed by atoms with E-state index in [1.54, 1.807) is 6.07 Å². The Morgan fingerprint density at radius 1 is 1.16 bits per heavy atom. The molecule has 6 nitrogen and oxygen atoms in total. The average molecular weight is 479 g/mol. The van der Waals surface area contributed by atoms with Crippen LogP contribution in [-0.4, -0.2) is 38.3 Å². The van der Waals surface area contributed by atoms with Gasteiger partial charge in [-0.3, -0.25) is 4.79 Å². The first kappa shape index (κ1) is 24.6. The summed E-state index contributed by atoms with van der Waals surface area (Å²) in [5.41, 5.74) is 3.03. The maximum absolute atomic E-state index is 13.2. The highest BCUT2D eigenvalue weighted by atomic mass is 35.5. The second-order valence-corrected chi connectivity index (χ2v) is 10.2. The summed E-state index contributed by atoms with van der Waals surface area (Å²) in [5, 5.41) is 3.35. The molecule has 1 aliphatic rings. The Kier molecular flexibility index (Phi) is 8.20. The van der Waals surface area contributed by atoms with Crippen LogP contribution >= 0.6 is 11.6 Å². The predicted octanol–water partition coefficient (Wildman–Crippen LogP) is 4.90. The molecule has 1 saturated heterocycles. The quantitative estimate of drug-likeness (QED) is 0.585. The second kappa shape index (κ2) is 10.7. The average Bonchev–Trinajstić information content (AvgIpc) is 2.80. The Labute approximate surface area is 196 Å². The Morgan fingerprint density at radius 3 is 2.44 bits per heavy atom. The number of halogens is 1. The van der Waals surface area contributed by atoms with Crippen LogP contribution in [-0.2, 0) is 27.7 Å².